The Morgan fingerprint density at radius 3 is 2.10 bits per heavy atom. The summed E-state index contributed by atoms with van der Waals surface area (Å²) in [5, 5.41) is 2.12. The highest BCUT2D eigenvalue weighted by molar-refractivity contribution is 7.80. The quantitative estimate of drug-likeness (QED) is 0.0757. The second-order valence-electron chi connectivity index (χ2n) is 5.61. The molecule has 1 aliphatic rings. The molecule has 2 atom stereocenters. The first-order valence-electron chi connectivity index (χ1n) is 8.96. The summed E-state index contributed by atoms with van der Waals surface area (Å²) in [5.41, 5.74) is 8.07. The Morgan fingerprint density at radius 1 is 1.07 bits per heavy atom. The smallest absolute Gasteiger partial charge is 0.335 e. The lowest BCUT2D eigenvalue weighted by Gasteiger charge is -2.13. The van der Waals surface area contributed by atoms with Crippen molar-refractivity contribution in [2.75, 3.05) is 59.4 Å². The molecule has 170 valence electrons. The summed E-state index contributed by atoms with van der Waals surface area (Å²) in [6, 6.07) is 0. The van der Waals surface area contributed by atoms with Crippen molar-refractivity contribution < 1.29 is 46.9 Å². The number of nitrogens with zero attached hydrogens (tertiary/aromatic N) is 4. The van der Waals surface area contributed by atoms with Crippen LogP contribution in [0.1, 0.15) is 12.8 Å². The molecule has 2 unspecified atom stereocenters. The zero-order valence-electron chi connectivity index (χ0n) is 16.2. The molecule has 0 saturated carbocycles. The van der Waals surface area contributed by atoms with Gasteiger partial charge in [0.25, 0.3) is 11.8 Å². The number of carbonyl (C=O) groups excluding carboxylic acids is 3. The first-order chi connectivity index (χ1) is 14.5. The minimum atomic E-state index is -2.51. The third kappa shape index (κ3) is 10.6. The second kappa shape index (κ2) is 15.7. The summed E-state index contributed by atoms with van der Waals surface area (Å²) in [6.45, 7) is 2.55. The maximum Gasteiger partial charge on any atom is 0.335 e. The van der Waals surface area contributed by atoms with E-state index in [2.05, 4.69) is 14.9 Å². The number of ether oxygens (including phenoxy) is 4. The molecule has 1 rings (SSSR count). The zero-order chi connectivity index (χ0) is 22.2. The van der Waals surface area contributed by atoms with Gasteiger partial charge in [-0.25, -0.2) is 9.00 Å². The van der Waals surface area contributed by atoms with Crippen LogP contribution in [0.25, 0.3) is 10.4 Å². The van der Waals surface area contributed by atoms with Crippen LogP contribution >= 0.6 is 0 Å². The summed E-state index contributed by atoms with van der Waals surface area (Å²) >= 11 is -2.51. The van der Waals surface area contributed by atoms with Crippen molar-refractivity contribution >= 4 is 28.9 Å². The fourth-order valence-corrected chi connectivity index (χ4v) is 2.60. The van der Waals surface area contributed by atoms with Gasteiger partial charge in [-0.05, 0) is 5.53 Å². The number of hydroxylamine groups is 2. The monoisotopic (exact) mass is 452 g/mol. The van der Waals surface area contributed by atoms with Crippen LogP contribution < -0.4 is 0 Å². The van der Waals surface area contributed by atoms with Gasteiger partial charge in [0.1, 0.15) is 0 Å². The Labute approximate surface area is 174 Å². The Morgan fingerprint density at radius 2 is 1.60 bits per heavy atom. The van der Waals surface area contributed by atoms with E-state index in [0.717, 1.165) is 0 Å². The van der Waals surface area contributed by atoms with Gasteiger partial charge < -0.3 is 28.3 Å². The van der Waals surface area contributed by atoms with Gasteiger partial charge in [0.2, 0.25) is 0 Å². The van der Waals surface area contributed by atoms with Crippen molar-refractivity contribution in [2.45, 2.75) is 18.1 Å². The lowest BCUT2D eigenvalue weighted by molar-refractivity contribution is -0.198. The Balaban J connectivity index is 1.94. The second-order valence-corrected chi connectivity index (χ2v) is 6.73. The number of hydrogen-bond donors (Lipinski definition) is 1. The van der Waals surface area contributed by atoms with Gasteiger partial charge >= 0.3 is 5.97 Å². The van der Waals surface area contributed by atoms with Gasteiger partial charge in [-0.15, -0.1) is 5.06 Å². The van der Waals surface area contributed by atoms with Crippen LogP contribution in [0.4, 0.5) is 0 Å². The van der Waals surface area contributed by atoms with E-state index in [9.17, 15) is 18.6 Å². The molecule has 1 saturated heterocycles. The number of rotatable bonds is 17. The molecule has 0 bridgehead atoms. The molecule has 0 aliphatic carbocycles. The first kappa shape index (κ1) is 25.9. The van der Waals surface area contributed by atoms with Crippen LogP contribution in [0.15, 0.2) is 5.11 Å². The predicted molar refractivity (Wildman–Crippen MR) is 99.0 cm³/mol. The van der Waals surface area contributed by atoms with Crippen LogP contribution in [0.5, 0.6) is 0 Å². The highest BCUT2D eigenvalue weighted by atomic mass is 32.2. The Hall–Kier alpha value is -2.13. The van der Waals surface area contributed by atoms with E-state index >= 15 is 0 Å². The zero-order valence-corrected chi connectivity index (χ0v) is 17.0. The summed E-state index contributed by atoms with van der Waals surface area (Å²) < 4.78 is 40.7. The molecular formula is C15H24N4O10S. The van der Waals surface area contributed by atoms with E-state index in [-0.39, 0.29) is 37.8 Å². The van der Waals surface area contributed by atoms with Gasteiger partial charge in [-0.1, -0.05) is 5.11 Å². The van der Waals surface area contributed by atoms with Gasteiger partial charge in [0.05, 0.1) is 65.7 Å². The van der Waals surface area contributed by atoms with E-state index in [1.54, 1.807) is 0 Å². The maximum atomic E-state index is 11.7. The fourth-order valence-electron chi connectivity index (χ4n) is 2.05. The number of azide groups is 1. The van der Waals surface area contributed by atoms with Crippen LogP contribution in [0.2, 0.25) is 0 Å². The average molecular weight is 452 g/mol. The summed E-state index contributed by atoms with van der Waals surface area (Å²) in [5.74, 6) is -2.75. The van der Waals surface area contributed by atoms with E-state index < -0.39 is 40.5 Å². The molecule has 2 amide bonds. The molecule has 1 fully saturated rings. The van der Waals surface area contributed by atoms with Crippen molar-refractivity contribution in [1.82, 2.24) is 5.06 Å². The van der Waals surface area contributed by atoms with E-state index in [1.165, 1.54) is 0 Å². The molecule has 1 N–H and O–H groups in total. The summed E-state index contributed by atoms with van der Waals surface area (Å²) in [4.78, 5) is 42.1. The SMILES string of the molecule is [N-]=[N+]=NCCOCCOCCOCCOCCC(=O)ON1C(=O)CC(S(=O)O)C1=O. The molecule has 0 aromatic rings. The Kier molecular flexibility index (Phi) is 13.5. The Bertz CT molecular complexity index is 643. The number of imide groups is 1. The molecule has 15 heteroatoms. The van der Waals surface area contributed by atoms with Crippen LogP contribution in [-0.2, 0) is 49.2 Å². The van der Waals surface area contributed by atoms with Crippen molar-refractivity contribution in [3.05, 3.63) is 10.4 Å². The van der Waals surface area contributed by atoms with E-state index in [4.69, 9.17) is 29.0 Å². The topological polar surface area (TPSA) is 187 Å². The molecule has 0 aromatic heterocycles. The van der Waals surface area contributed by atoms with Gasteiger partial charge in [0, 0.05) is 11.5 Å². The molecule has 30 heavy (non-hydrogen) atoms. The first-order valence-corrected chi connectivity index (χ1v) is 10.1. The third-order valence-corrected chi connectivity index (χ3v) is 4.32. The molecule has 14 nitrogen and oxygen atoms in total. The number of amides is 2. The third-order valence-electron chi connectivity index (χ3n) is 3.46. The minimum Gasteiger partial charge on any atom is -0.379 e. The molecular weight excluding hydrogens is 428 g/mol. The fraction of sp³-hybridized carbons (Fsp3) is 0.800. The number of hydrogen-bond acceptors (Lipinski definition) is 10. The highest BCUT2D eigenvalue weighted by Gasteiger charge is 2.44. The molecule has 0 radical (unpaired) electrons. The molecule has 0 spiro atoms. The normalized spacial score (nSPS) is 17.1. The summed E-state index contributed by atoms with van der Waals surface area (Å²) in [6.07, 6.45) is -0.704. The molecule has 1 heterocycles. The predicted octanol–water partition coefficient (Wildman–Crippen LogP) is -0.439. The van der Waals surface area contributed by atoms with Gasteiger partial charge in [-0.2, -0.15) is 0 Å². The van der Waals surface area contributed by atoms with Crippen LogP contribution in [0.3, 0.4) is 0 Å². The highest BCUT2D eigenvalue weighted by Crippen LogP contribution is 2.18. The van der Waals surface area contributed by atoms with E-state index in [1.807, 2.05) is 0 Å². The van der Waals surface area contributed by atoms with Crippen molar-refractivity contribution in [1.29, 1.82) is 0 Å². The molecule has 0 aromatic carbocycles. The lowest BCUT2D eigenvalue weighted by Crippen LogP contribution is -2.35. The molecule has 1 aliphatic heterocycles. The van der Waals surface area contributed by atoms with Gasteiger partial charge in [0.15, 0.2) is 16.3 Å². The van der Waals surface area contributed by atoms with Crippen molar-refractivity contribution in [3.8, 4) is 0 Å². The van der Waals surface area contributed by atoms with Crippen LogP contribution in [-0.4, -0.2) is 96.3 Å². The minimum absolute atomic E-state index is 0.0164. The van der Waals surface area contributed by atoms with Crippen LogP contribution in [0, 0.1) is 0 Å². The van der Waals surface area contributed by atoms with Gasteiger partial charge in [-0.3, -0.25) is 9.59 Å². The summed E-state index contributed by atoms with van der Waals surface area (Å²) in [7, 11) is 0. The van der Waals surface area contributed by atoms with Crippen molar-refractivity contribution in [3.63, 3.8) is 0 Å². The largest absolute Gasteiger partial charge is 0.379 e. The maximum absolute atomic E-state index is 11.7. The standard InChI is InChI=1S/C15H24N4O10S/c16-18-17-2-4-26-6-8-28-10-9-27-7-5-25-3-1-14(21)29-19-13(20)11-12(15(19)22)30(23)24/h12H,1-11H2,(H,23,24). The average Bonchev–Trinajstić information content (AvgIpc) is 2.99. The van der Waals surface area contributed by atoms with E-state index in [0.29, 0.717) is 33.0 Å². The number of carbonyl (C=O) groups is 3. The van der Waals surface area contributed by atoms with Crippen molar-refractivity contribution in [2.24, 2.45) is 5.11 Å². The lowest BCUT2D eigenvalue weighted by atomic mass is 10.4.